The van der Waals surface area contributed by atoms with Crippen molar-refractivity contribution in [2.24, 2.45) is 0 Å². The number of pyridine rings is 3. The van der Waals surface area contributed by atoms with Crippen LogP contribution in [-0.4, -0.2) is 53.6 Å². The van der Waals surface area contributed by atoms with Crippen molar-refractivity contribution in [3.05, 3.63) is 65.7 Å². The number of H-pyrrole nitrogens is 1. The van der Waals surface area contributed by atoms with E-state index in [4.69, 9.17) is 10.2 Å². The Morgan fingerprint density at radius 1 is 1.24 bits per heavy atom. The minimum Gasteiger partial charge on any atom is -0.367 e. The number of carbonyl (C=O) groups excluding carboxylic acids is 1. The van der Waals surface area contributed by atoms with Gasteiger partial charge >= 0.3 is 0 Å². The summed E-state index contributed by atoms with van der Waals surface area (Å²) in [5, 5.41) is 24.2. The minimum absolute atomic E-state index is 0.0130. The molecule has 10 nitrogen and oxygen atoms in total. The predicted molar refractivity (Wildman–Crippen MR) is 144 cm³/mol. The van der Waals surface area contributed by atoms with E-state index in [9.17, 15) is 4.79 Å². The lowest BCUT2D eigenvalue weighted by molar-refractivity contribution is -0.0167. The zero-order valence-corrected chi connectivity index (χ0v) is 21.4. The van der Waals surface area contributed by atoms with Crippen LogP contribution >= 0.6 is 0 Å². The molecule has 0 saturated carbocycles. The normalized spacial score (nSPS) is 22.6. The molecule has 0 unspecified atom stereocenters. The van der Waals surface area contributed by atoms with Crippen molar-refractivity contribution < 1.29 is 4.79 Å². The molecule has 2 saturated heterocycles. The lowest BCUT2D eigenvalue weighted by Crippen LogP contribution is -2.63. The van der Waals surface area contributed by atoms with Gasteiger partial charge in [-0.15, -0.1) is 0 Å². The van der Waals surface area contributed by atoms with Crippen LogP contribution in [-0.2, 0) is 0 Å². The van der Waals surface area contributed by atoms with Gasteiger partial charge in [-0.1, -0.05) is 0 Å². The number of aromatic nitrogens is 5. The summed E-state index contributed by atoms with van der Waals surface area (Å²) in [6.45, 7) is 4.14. The van der Waals surface area contributed by atoms with Gasteiger partial charge in [0, 0.05) is 53.2 Å². The Balaban J connectivity index is 1.27. The Morgan fingerprint density at radius 2 is 2.13 bits per heavy atom. The molecule has 2 aliphatic rings. The molecule has 0 aliphatic carbocycles. The van der Waals surface area contributed by atoms with E-state index in [2.05, 4.69) is 42.6 Å². The number of nitriles is 1. The van der Waals surface area contributed by atoms with Gasteiger partial charge in [0.15, 0.2) is 5.82 Å². The van der Waals surface area contributed by atoms with Gasteiger partial charge in [-0.05, 0) is 70.2 Å². The molecule has 3 atom stereocenters. The summed E-state index contributed by atoms with van der Waals surface area (Å²) in [6, 6.07) is 13.4. The number of anilines is 3. The van der Waals surface area contributed by atoms with Gasteiger partial charge in [-0.2, -0.15) is 10.4 Å². The molecule has 2 bridgehead atoms. The number of hydrogen-bond acceptors (Lipinski definition) is 8. The molecule has 2 aliphatic heterocycles. The number of rotatable bonds is 5. The summed E-state index contributed by atoms with van der Waals surface area (Å²) >= 11 is 0. The average molecular weight is 508 g/mol. The first-order chi connectivity index (χ1) is 18.4. The van der Waals surface area contributed by atoms with Crippen LogP contribution in [0.15, 0.2) is 48.8 Å². The fourth-order valence-electron chi connectivity index (χ4n) is 6.08. The Bertz CT molecular complexity index is 1540. The molecule has 6 heterocycles. The standard InChI is InChI=1S/C28H29N9O/c1-17-11-25(36-35-17)33-24-13-23-22(6-4-10-30-23)26(34-24)32-20-12-21-5-3-9-28(2,14-20)37(21)27(38)18-7-8-19(15-29)31-16-18/h4,6-8,10-11,13,16,20-21H,3,5,9,12,14H2,1-2H3,(H3,32,33,34,35,36)/t20-,21-,28+/m1/s1. The van der Waals surface area contributed by atoms with Gasteiger partial charge in [0.1, 0.15) is 23.4 Å². The van der Waals surface area contributed by atoms with Crippen LogP contribution in [0.1, 0.15) is 60.8 Å². The molecule has 0 radical (unpaired) electrons. The highest BCUT2D eigenvalue weighted by atomic mass is 16.2. The van der Waals surface area contributed by atoms with Gasteiger partial charge in [-0.25, -0.2) is 9.97 Å². The highest BCUT2D eigenvalue weighted by Crippen LogP contribution is 2.43. The molecule has 4 aromatic heterocycles. The van der Waals surface area contributed by atoms with Gasteiger partial charge in [0.2, 0.25) is 0 Å². The third-order valence-electron chi connectivity index (χ3n) is 7.69. The lowest BCUT2D eigenvalue weighted by Gasteiger charge is -2.55. The van der Waals surface area contributed by atoms with Gasteiger partial charge in [0.05, 0.1) is 11.1 Å². The highest BCUT2D eigenvalue weighted by Gasteiger charge is 2.48. The quantitative estimate of drug-likeness (QED) is 0.354. The number of amides is 1. The second-order valence-corrected chi connectivity index (χ2v) is 10.5. The molecule has 38 heavy (non-hydrogen) atoms. The van der Waals surface area contributed by atoms with Crippen LogP contribution in [0.4, 0.5) is 17.5 Å². The second kappa shape index (κ2) is 9.41. The number of piperidine rings is 2. The number of hydrogen-bond donors (Lipinski definition) is 3. The van der Waals surface area contributed by atoms with Crippen molar-refractivity contribution >= 4 is 34.3 Å². The lowest BCUT2D eigenvalue weighted by atomic mass is 9.73. The van der Waals surface area contributed by atoms with Crippen LogP contribution in [0.5, 0.6) is 0 Å². The highest BCUT2D eigenvalue weighted by molar-refractivity contribution is 5.95. The largest absolute Gasteiger partial charge is 0.367 e. The Morgan fingerprint density at radius 3 is 2.87 bits per heavy atom. The maximum absolute atomic E-state index is 13.6. The number of carbonyl (C=O) groups is 1. The first-order valence-corrected chi connectivity index (χ1v) is 12.9. The maximum atomic E-state index is 13.6. The topological polar surface area (TPSA) is 136 Å². The molecular formula is C28H29N9O. The Hall–Kier alpha value is -4.52. The maximum Gasteiger partial charge on any atom is 0.256 e. The van der Waals surface area contributed by atoms with Crippen LogP contribution < -0.4 is 10.6 Å². The summed E-state index contributed by atoms with van der Waals surface area (Å²) in [7, 11) is 0. The smallest absolute Gasteiger partial charge is 0.256 e. The Kier molecular flexibility index (Phi) is 5.91. The summed E-state index contributed by atoms with van der Waals surface area (Å²) in [5.74, 6) is 2.12. The number of nitrogens with one attached hydrogen (secondary N) is 3. The molecule has 3 N–H and O–H groups in total. The van der Waals surface area contributed by atoms with Gasteiger partial charge in [0.25, 0.3) is 5.91 Å². The number of aryl methyl sites for hydroxylation is 1. The summed E-state index contributed by atoms with van der Waals surface area (Å²) in [6.07, 6.45) is 7.92. The van der Waals surface area contributed by atoms with E-state index in [0.717, 1.165) is 54.5 Å². The first-order valence-electron chi connectivity index (χ1n) is 12.9. The van der Waals surface area contributed by atoms with Crippen molar-refractivity contribution in [1.29, 1.82) is 5.26 Å². The summed E-state index contributed by atoms with van der Waals surface area (Å²) < 4.78 is 0. The monoisotopic (exact) mass is 507 g/mol. The van der Waals surface area contributed by atoms with Gasteiger partial charge in [-0.3, -0.25) is 14.9 Å². The van der Waals surface area contributed by atoms with E-state index in [1.807, 2.05) is 37.3 Å². The van der Waals surface area contributed by atoms with Crippen molar-refractivity contribution in [2.45, 2.75) is 63.6 Å². The molecule has 192 valence electrons. The molecule has 0 aromatic carbocycles. The first kappa shape index (κ1) is 23.9. The average Bonchev–Trinajstić information content (AvgIpc) is 3.32. The second-order valence-electron chi connectivity index (χ2n) is 10.5. The molecular weight excluding hydrogens is 478 g/mol. The predicted octanol–water partition coefficient (Wildman–Crippen LogP) is 4.70. The van der Waals surface area contributed by atoms with Crippen LogP contribution in [0.3, 0.4) is 0 Å². The molecule has 4 aromatic rings. The zero-order valence-electron chi connectivity index (χ0n) is 21.4. The molecule has 1 amide bonds. The number of nitrogens with zero attached hydrogens (tertiary/aromatic N) is 6. The van der Waals surface area contributed by atoms with Crippen LogP contribution in [0.2, 0.25) is 0 Å². The van der Waals surface area contributed by atoms with Crippen molar-refractivity contribution in [3.8, 4) is 6.07 Å². The zero-order chi connectivity index (χ0) is 26.3. The fraction of sp³-hybridized carbons (Fsp3) is 0.357. The fourth-order valence-corrected chi connectivity index (χ4v) is 6.08. The number of aromatic amines is 1. The van der Waals surface area contributed by atoms with Crippen molar-refractivity contribution in [1.82, 2.24) is 30.0 Å². The Labute approximate surface area is 220 Å². The van der Waals surface area contributed by atoms with Crippen molar-refractivity contribution in [3.63, 3.8) is 0 Å². The van der Waals surface area contributed by atoms with Crippen molar-refractivity contribution in [2.75, 3.05) is 10.6 Å². The van der Waals surface area contributed by atoms with E-state index in [1.54, 1.807) is 18.3 Å². The van der Waals surface area contributed by atoms with Crippen LogP contribution in [0.25, 0.3) is 10.9 Å². The molecule has 0 spiro atoms. The minimum atomic E-state index is -0.291. The third kappa shape index (κ3) is 4.41. The third-order valence-corrected chi connectivity index (χ3v) is 7.69. The SMILES string of the molecule is Cc1cc(Nc2cc3ncccc3c(N[C@@H]3C[C@H]4CCC[C@@](C)(C3)N4C(=O)c3ccc(C#N)nc3)n2)n[nH]1. The van der Waals surface area contributed by atoms with Crippen LogP contribution in [0, 0.1) is 18.3 Å². The molecule has 2 fully saturated rings. The van der Waals surface area contributed by atoms with E-state index < -0.39 is 0 Å². The molecule has 6 rings (SSSR count). The summed E-state index contributed by atoms with van der Waals surface area (Å²) in [4.78, 5) is 29.3. The number of fused-ring (bicyclic) bond motifs is 3. The van der Waals surface area contributed by atoms with E-state index in [0.29, 0.717) is 22.9 Å². The summed E-state index contributed by atoms with van der Waals surface area (Å²) in [5.41, 5.74) is 2.35. The van der Waals surface area contributed by atoms with Gasteiger partial charge < -0.3 is 15.5 Å². The van der Waals surface area contributed by atoms with E-state index in [-0.39, 0.29) is 23.5 Å². The van der Waals surface area contributed by atoms with E-state index >= 15 is 0 Å². The van der Waals surface area contributed by atoms with E-state index in [1.165, 1.54) is 6.20 Å². The molecule has 10 heteroatoms.